The first-order chi connectivity index (χ1) is 12.8. The molecular formula is C19H15BrCl2N2O3. The molecule has 0 aliphatic heterocycles. The smallest absolute Gasteiger partial charge is 0.259 e. The summed E-state index contributed by atoms with van der Waals surface area (Å²) in [6, 6.07) is 10.4. The molecule has 0 atom stereocenters. The van der Waals surface area contributed by atoms with Gasteiger partial charge in [-0.15, -0.1) is 0 Å². The van der Waals surface area contributed by atoms with Crippen LogP contribution < -0.4 is 15.2 Å². The van der Waals surface area contributed by atoms with Gasteiger partial charge in [-0.2, -0.15) is 5.26 Å². The SMILES string of the molecule is CCOc1cc(/C=C(\C#N)C(N)=O)cc(Br)c1OCc1ccc(Cl)c(Cl)c1. The number of nitrogens with two attached hydrogens (primary N) is 1. The number of ether oxygens (including phenoxy) is 2. The lowest BCUT2D eigenvalue weighted by Crippen LogP contribution is -2.12. The van der Waals surface area contributed by atoms with Crippen LogP contribution in [0.2, 0.25) is 10.0 Å². The van der Waals surface area contributed by atoms with Crippen LogP contribution in [0.3, 0.4) is 0 Å². The lowest BCUT2D eigenvalue weighted by atomic mass is 10.1. The van der Waals surface area contributed by atoms with Gasteiger partial charge < -0.3 is 15.2 Å². The van der Waals surface area contributed by atoms with Gasteiger partial charge in [0.2, 0.25) is 0 Å². The molecule has 8 heteroatoms. The topological polar surface area (TPSA) is 85.3 Å². The molecule has 140 valence electrons. The van der Waals surface area contributed by atoms with Crippen LogP contribution in [0.1, 0.15) is 18.1 Å². The second-order valence-electron chi connectivity index (χ2n) is 5.33. The zero-order valence-electron chi connectivity index (χ0n) is 14.3. The highest BCUT2D eigenvalue weighted by atomic mass is 79.9. The van der Waals surface area contributed by atoms with Gasteiger partial charge in [-0.05, 0) is 64.3 Å². The number of hydrogen-bond acceptors (Lipinski definition) is 4. The largest absolute Gasteiger partial charge is 0.490 e. The van der Waals surface area contributed by atoms with E-state index in [1.54, 1.807) is 30.3 Å². The highest BCUT2D eigenvalue weighted by Crippen LogP contribution is 2.38. The Labute approximate surface area is 175 Å². The number of carbonyl (C=O) groups excluding carboxylic acids is 1. The van der Waals surface area contributed by atoms with Crippen molar-refractivity contribution in [2.45, 2.75) is 13.5 Å². The van der Waals surface area contributed by atoms with E-state index in [1.807, 2.05) is 13.0 Å². The Kier molecular flexibility index (Phi) is 7.55. The molecule has 0 unspecified atom stereocenters. The van der Waals surface area contributed by atoms with Crippen LogP contribution in [-0.4, -0.2) is 12.5 Å². The number of benzene rings is 2. The number of hydrogen-bond donors (Lipinski definition) is 1. The molecule has 2 aromatic rings. The van der Waals surface area contributed by atoms with Crippen LogP contribution in [-0.2, 0) is 11.4 Å². The van der Waals surface area contributed by atoms with Crippen molar-refractivity contribution in [3.05, 3.63) is 61.5 Å². The minimum Gasteiger partial charge on any atom is -0.490 e. The van der Waals surface area contributed by atoms with E-state index >= 15 is 0 Å². The first-order valence-corrected chi connectivity index (χ1v) is 9.35. The van der Waals surface area contributed by atoms with Crippen molar-refractivity contribution in [3.63, 3.8) is 0 Å². The summed E-state index contributed by atoms with van der Waals surface area (Å²) in [4.78, 5) is 11.3. The van der Waals surface area contributed by atoms with Gasteiger partial charge >= 0.3 is 0 Å². The molecule has 0 radical (unpaired) electrons. The van der Waals surface area contributed by atoms with E-state index in [0.29, 0.717) is 38.2 Å². The summed E-state index contributed by atoms with van der Waals surface area (Å²) < 4.78 is 12.1. The monoisotopic (exact) mass is 468 g/mol. The molecule has 0 saturated carbocycles. The minimum atomic E-state index is -0.800. The van der Waals surface area contributed by atoms with Crippen LogP contribution >= 0.6 is 39.1 Å². The highest BCUT2D eigenvalue weighted by molar-refractivity contribution is 9.10. The number of primary amides is 1. The first-order valence-electron chi connectivity index (χ1n) is 7.80. The molecule has 0 bridgehead atoms. The van der Waals surface area contributed by atoms with E-state index in [-0.39, 0.29) is 12.2 Å². The van der Waals surface area contributed by atoms with Crippen molar-refractivity contribution in [1.29, 1.82) is 5.26 Å². The van der Waals surface area contributed by atoms with Gasteiger partial charge in [0.15, 0.2) is 11.5 Å². The fraction of sp³-hybridized carbons (Fsp3) is 0.158. The Morgan fingerprint density at radius 3 is 2.59 bits per heavy atom. The van der Waals surface area contributed by atoms with Gasteiger partial charge in [0.25, 0.3) is 5.91 Å². The van der Waals surface area contributed by atoms with Gasteiger partial charge in [0.1, 0.15) is 18.2 Å². The molecule has 0 saturated heterocycles. The van der Waals surface area contributed by atoms with Crippen molar-refractivity contribution in [2.24, 2.45) is 5.73 Å². The predicted molar refractivity (Wildman–Crippen MR) is 109 cm³/mol. The fourth-order valence-electron chi connectivity index (χ4n) is 2.18. The van der Waals surface area contributed by atoms with Crippen molar-refractivity contribution < 1.29 is 14.3 Å². The van der Waals surface area contributed by atoms with Gasteiger partial charge in [0, 0.05) is 0 Å². The minimum absolute atomic E-state index is 0.158. The molecular weight excluding hydrogens is 455 g/mol. The zero-order chi connectivity index (χ0) is 20.0. The normalized spacial score (nSPS) is 11.0. The van der Waals surface area contributed by atoms with Crippen molar-refractivity contribution in [1.82, 2.24) is 0 Å². The third kappa shape index (κ3) is 5.64. The molecule has 0 aliphatic rings. The summed E-state index contributed by atoms with van der Waals surface area (Å²) in [5.74, 6) is 0.143. The lowest BCUT2D eigenvalue weighted by molar-refractivity contribution is -0.114. The maximum Gasteiger partial charge on any atom is 0.259 e. The Hall–Kier alpha value is -2.20. The fourth-order valence-corrected chi connectivity index (χ4v) is 3.08. The molecule has 0 heterocycles. The number of halogens is 3. The summed E-state index contributed by atoms with van der Waals surface area (Å²) in [6.07, 6.45) is 1.39. The third-order valence-corrected chi connectivity index (χ3v) is 4.72. The Bertz CT molecular complexity index is 939. The summed E-state index contributed by atoms with van der Waals surface area (Å²) in [5, 5.41) is 9.91. The van der Waals surface area contributed by atoms with Crippen LogP contribution in [0.15, 0.2) is 40.4 Å². The average Bonchev–Trinajstić information content (AvgIpc) is 2.61. The molecule has 5 nitrogen and oxygen atoms in total. The van der Waals surface area contributed by atoms with E-state index in [2.05, 4.69) is 15.9 Å². The summed E-state index contributed by atoms with van der Waals surface area (Å²) in [6.45, 7) is 2.49. The standard InChI is InChI=1S/C19H15BrCl2N2O3/c1-2-26-17-8-12(5-13(9-23)19(24)25)6-14(20)18(17)27-10-11-3-4-15(21)16(22)7-11/h3-8H,2,10H2,1H3,(H2,24,25)/b13-5+. The number of nitriles is 1. The van der Waals surface area contributed by atoms with Crippen LogP contribution in [0.5, 0.6) is 11.5 Å². The highest BCUT2D eigenvalue weighted by Gasteiger charge is 2.14. The maximum absolute atomic E-state index is 11.3. The van der Waals surface area contributed by atoms with Gasteiger partial charge in [-0.25, -0.2) is 0 Å². The van der Waals surface area contributed by atoms with E-state index < -0.39 is 5.91 Å². The first kappa shape index (κ1) is 21.1. The molecule has 2 rings (SSSR count). The molecule has 2 N–H and O–H groups in total. The molecule has 1 amide bonds. The maximum atomic E-state index is 11.3. The lowest BCUT2D eigenvalue weighted by Gasteiger charge is -2.15. The number of rotatable bonds is 7. The molecule has 2 aromatic carbocycles. The Balaban J connectivity index is 2.34. The quantitative estimate of drug-likeness (QED) is 0.450. The number of amides is 1. The predicted octanol–water partition coefficient (Wildman–Crippen LogP) is 5.13. The molecule has 27 heavy (non-hydrogen) atoms. The molecule has 0 aliphatic carbocycles. The van der Waals surface area contributed by atoms with E-state index in [4.69, 9.17) is 43.7 Å². The Morgan fingerprint density at radius 2 is 2.00 bits per heavy atom. The molecule has 0 fully saturated rings. The third-order valence-electron chi connectivity index (χ3n) is 3.40. The van der Waals surface area contributed by atoms with Gasteiger partial charge in [-0.1, -0.05) is 29.3 Å². The van der Waals surface area contributed by atoms with Crippen molar-refractivity contribution in [2.75, 3.05) is 6.61 Å². The molecule has 0 spiro atoms. The van der Waals surface area contributed by atoms with Gasteiger partial charge in [0.05, 0.1) is 21.1 Å². The molecule has 0 aromatic heterocycles. The summed E-state index contributed by atoms with van der Waals surface area (Å²) in [7, 11) is 0. The van der Waals surface area contributed by atoms with Crippen LogP contribution in [0.4, 0.5) is 0 Å². The summed E-state index contributed by atoms with van der Waals surface area (Å²) in [5.41, 5.74) is 6.43. The van der Waals surface area contributed by atoms with E-state index in [0.717, 1.165) is 5.56 Å². The van der Waals surface area contributed by atoms with E-state index in [9.17, 15) is 4.79 Å². The number of carbonyl (C=O) groups is 1. The number of nitrogens with zero attached hydrogens (tertiary/aromatic N) is 1. The van der Waals surface area contributed by atoms with Crippen LogP contribution in [0, 0.1) is 11.3 Å². The van der Waals surface area contributed by atoms with Crippen molar-refractivity contribution in [3.8, 4) is 17.6 Å². The second kappa shape index (κ2) is 9.65. The summed E-state index contributed by atoms with van der Waals surface area (Å²) >= 11 is 15.4. The average molecular weight is 470 g/mol. The van der Waals surface area contributed by atoms with Crippen molar-refractivity contribution >= 4 is 51.1 Å². The second-order valence-corrected chi connectivity index (χ2v) is 7.00. The van der Waals surface area contributed by atoms with Crippen LogP contribution in [0.25, 0.3) is 6.08 Å². The zero-order valence-corrected chi connectivity index (χ0v) is 17.4. The Morgan fingerprint density at radius 1 is 1.26 bits per heavy atom. The van der Waals surface area contributed by atoms with E-state index in [1.165, 1.54) is 6.08 Å². The van der Waals surface area contributed by atoms with Gasteiger partial charge in [-0.3, -0.25) is 4.79 Å².